The SMILES string of the molecule is CC(C)Oc1ccc(C2C(C)NNC2C(=O)O)cc1F. The van der Waals surface area contributed by atoms with Crippen molar-refractivity contribution < 1.29 is 19.0 Å². The van der Waals surface area contributed by atoms with Crippen LogP contribution in [0.5, 0.6) is 5.75 Å². The standard InChI is InChI=1S/C14H19FN2O3/c1-7(2)20-11-5-4-9(6-10(11)15)12-8(3)16-17-13(12)14(18)19/h4-8,12-13,16-17H,1-3H3,(H,18,19). The predicted octanol–water partition coefficient (Wildman–Crippen LogP) is 1.65. The molecule has 1 saturated heterocycles. The Morgan fingerprint density at radius 1 is 1.40 bits per heavy atom. The quantitative estimate of drug-likeness (QED) is 0.783. The maximum Gasteiger partial charge on any atom is 0.322 e. The van der Waals surface area contributed by atoms with Crippen molar-refractivity contribution in [3.05, 3.63) is 29.6 Å². The van der Waals surface area contributed by atoms with E-state index in [0.717, 1.165) is 0 Å². The third-order valence-corrected chi connectivity index (χ3v) is 3.33. The molecule has 0 aromatic heterocycles. The fourth-order valence-electron chi connectivity index (χ4n) is 2.46. The Balaban J connectivity index is 2.28. The third-order valence-electron chi connectivity index (χ3n) is 3.33. The molecule has 0 saturated carbocycles. The molecule has 6 heteroatoms. The van der Waals surface area contributed by atoms with Gasteiger partial charge in [-0.25, -0.2) is 9.82 Å². The summed E-state index contributed by atoms with van der Waals surface area (Å²) in [7, 11) is 0. The highest BCUT2D eigenvalue weighted by molar-refractivity contribution is 5.75. The first-order valence-electron chi connectivity index (χ1n) is 6.60. The summed E-state index contributed by atoms with van der Waals surface area (Å²) in [6.45, 7) is 5.50. The fraction of sp³-hybridized carbons (Fsp3) is 0.500. The first-order valence-corrected chi connectivity index (χ1v) is 6.60. The second kappa shape index (κ2) is 5.76. The van der Waals surface area contributed by atoms with E-state index < -0.39 is 17.8 Å². The number of nitrogens with one attached hydrogen (secondary N) is 2. The first-order chi connectivity index (χ1) is 9.40. The lowest BCUT2D eigenvalue weighted by Gasteiger charge is -2.19. The topological polar surface area (TPSA) is 70.6 Å². The van der Waals surface area contributed by atoms with Gasteiger partial charge in [0.05, 0.1) is 6.10 Å². The van der Waals surface area contributed by atoms with E-state index in [9.17, 15) is 14.3 Å². The van der Waals surface area contributed by atoms with Gasteiger partial charge in [0.25, 0.3) is 0 Å². The van der Waals surface area contributed by atoms with E-state index in [1.54, 1.807) is 12.1 Å². The number of carboxylic acids is 1. The Hall–Kier alpha value is -1.66. The molecule has 1 aromatic carbocycles. The van der Waals surface area contributed by atoms with Gasteiger partial charge < -0.3 is 9.84 Å². The Kier molecular flexibility index (Phi) is 4.25. The minimum absolute atomic E-state index is 0.104. The smallest absolute Gasteiger partial charge is 0.322 e. The average molecular weight is 282 g/mol. The van der Waals surface area contributed by atoms with Gasteiger partial charge in [0.15, 0.2) is 11.6 Å². The van der Waals surface area contributed by atoms with Crippen LogP contribution in [0, 0.1) is 5.82 Å². The molecular formula is C14H19FN2O3. The van der Waals surface area contributed by atoms with Crippen molar-refractivity contribution in [1.82, 2.24) is 10.9 Å². The molecule has 110 valence electrons. The maximum absolute atomic E-state index is 14.0. The summed E-state index contributed by atoms with van der Waals surface area (Å²) >= 11 is 0. The molecular weight excluding hydrogens is 263 g/mol. The number of hydrogen-bond acceptors (Lipinski definition) is 4. The van der Waals surface area contributed by atoms with Crippen LogP contribution < -0.4 is 15.6 Å². The number of rotatable bonds is 4. The van der Waals surface area contributed by atoms with Gasteiger partial charge in [0.2, 0.25) is 0 Å². The molecule has 20 heavy (non-hydrogen) atoms. The lowest BCUT2D eigenvalue weighted by Crippen LogP contribution is -2.38. The van der Waals surface area contributed by atoms with Gasteiger partial charge in [-0.3, -0.25) is 10.2 Å². The molecule has 3 unspecified atom stereocenters. The molecule has 2 rings (SSSR count). The first kappa shape index (κ1) is 14.7. The molecule has 1 fully saturated rings. The van der Waals surface area contributed by atoms with Crippen molar-refractivity contribution in [1.29, 1.82) is 0 Å². The summed E-state index contributed by atoms with van der Waals surface area (Å²) in [6.07, 6.45) is -0.115. The van der Waals surface area contributed by atoms with E-state index in [4.69, 9.17) is 4.74 Å². The normalized spacial score (nSPS) is 25.9. The Morgan fingerprint density at radius 3 is 2.65 bits per heavy atom. The van der Waals surface area contributed by atoms with Crippen LogP contribution >= 0.6 is 0 Å². The van der Waals surface area contributed by atoms with Crippen LogP contribution in [0.15, 0.2) is 18.2 Å². The molecule has 3 atom stereocenters. The van der Waals surface area contributed by atoms with Crippen LogP contribution in [-0.2, 0) is 4.79 Å². The fourth-order valence-corrected chi connectivity index (χ4v) is 2.46. The highest BCUT2D eigenvalue weighted by Gasteiger charge is 2.39. The van der Waals surface area contributed by atoms with Crippen LogP contribution in [-0.4, -0.2) is 29.3 Å². The number of hydrazine groups is 1. The van der Waals surface area contributed by atoms with Gasteiger partial charge >= 0.3 is 5.97 Å². The van der Waals surface area contributed by atoms with Gasteiger partial charge in [-0.2, -0.15) is 0 Å². The second-order valence-corrected chi connectivity index (χ2v) is 5.28. The minimum Gasteiger partial charge on any atom is -0.488 e. The summed E-state index contributed by atoms with van der Waals surface area (Å²) in [5.74, 6) is -1.59. The average Bonchev–Trinajstić information content (AvgIpc) is 2.73. The number of hydrogen-bond donors (Lipinski definition) is 3. The van der Waals surface area contributed by atoms with E-state index in [-0.39, 0.29) is 23.8 Å². The molecule has 0 spiro atoms. The Morgan fingerprint density at radius 2 is 2.10 bits per heavy atom. The molecule has 3 N–H and O–H groups in total. The number of aliphatic carboxylic acids is 1. The molecule has 1 aliphatic rings. The molecule has 0 bridgehead atoms. The Bertz CT molecular complexity index is 507. The summed E-state index contributed by atoms with van der Waals surface area (Å²) < 4.78 is 19.3. The summed E-state index contributed by atoms with van der Waals surface area (Å²) in [4.78, 5) is 11.2. The van der Waals surface area contributed by atoms with Gasteiger partial charge in [0, 0.05) is 12.0 Å². The molecule has 1 heterocycles. The third kappa shape index (κ3) is 2.91. The summed E-state index contributed by atoms with van der Waals surface area (Å²) in [6, 6.07) is 3.73. The number of halogens is 1. The van der Waals surface area contributed by atoms with Crippen LogP contribution in [0.3, 0.4) is 0 Å². The molecule has 0 radical (unpaired) electrons. The summed E-state index contributed by atoms with van der Waals surface area (Å²) in [5, 5.41) is 9.18. The number of carbonyl (C=O) groups is 1. The van der Waals surface area contributed by atoms with E-state index in [1.165, 1.54) is 6.07 Å². The lowest BCUT2D eigenvalue weighted by molar-refractivity contribution is -0.139. The van der Waals surface area contributed by atoms with Crippen LogP contribution in [0.2, 0.25) is 0 Å². The number of carboxylic acid groups (broad SMARTS) is 1. The zero-order chi connectivity index (χ0) is 14.9. The van der Waals surface area contributed by atoms with Crippen molar-refractivity contribution in [2.75, 3.05) is 0 Å². The van der Waals surface area contributed by atoms with E-state index in [1.807, 2.05) is 20.8 Å². The van der Waals surface area contributed by atoms with Crippen LogP contribution in [0.25, 0.3) is 0 Å². The largest absolute Gasteiger partial charge is 0.488 e. The number of benzene rings is 1. The van der Waals surface area contributed by atoms with Crippen molar-refractivity contribution in [2.24, 2.45) is 0 Å². The highest BCUT2D eigenvalue weighted by Crippen LogP contribution is 2.30. The molecule has 1 aliphatic heterocycles. The van der Waals surface area contributed by atoms with Crippen molar-refractivity contribution in [3.63, 3.8) is 0 Å². The van der Waals surface area contributed by atoms with Crippen molar-refractivity contribution >= 4 is 5.97 Å². The molecule has 0 amide bonds. The predicted molar refractivity (Wildman–Crippen MR) is 72.1 cm³/mol. The van der Waals surface area contributed by atoms with Gasteiger partial charge in [-0.15, -0.1) is 0 Å². The minimum atomic E-state index is -0.963. The molecule has 0 aliphatic carbocycles. The van der Waals surface area contributed by atoms with Crippen LogP contribution in [0.4, 0.5) is 4.39 Å². The van der Waals surface area contributed by atoms with E-state index in [0.29, 0.717) is 5.56 Å². The maximum atomic E-state index is 14.0. The number of ether oxygens (including phenoxy) is 1. The van der Waals surface area contributed by atoms with Gasteiger partial charge in [0.1, 0.15) is 6.04 Å². The highest BCUT2D eigenvalue weighted by atomic mass is 19.1. The molecule has 5 nitrogen and oxygen atoms in total. The van der Waals surface area contributed by atoms with Crippen molar-refractivity contribution in [3.8, 4) is 5.75 Å². The van der Waals surface area contributed by atoms with Gasteiger partial charge in [-0.05, 0) is 38.5 Å². The zero-order valence-corrected chi connectivity index (χ0v) is 11.7. The second-order valence-electron chi connectivity index (χ2n) is 5.28. The molecule has 1 aromatic rings. The van der Waals surface area contributed by atoms with Crippen molar-refractivity contribution in [2.45, 2.75) is 44.9 Å². The Labute approximate surface area is 117 Å². The van der Waals surface area contributed by atoms with Gasteiger partial charge in [-0.1, -0.05) is 6.07 Å². The van der Waals surface area contributed by atoms with E-state index >= 15 is 0 Å². The van der Waals surface area contributed by atoms with E-state index in [2.05, 4.69) is 10.9 Å². The van der Waals surface area contributed by atoms with Crippen LogP contribution in [0.1, 0.15) is 32.3 Å². The zero-order valence-electron chi connectivity index (χ0n) is 11.7. The lowest BCUT2D eigenvalue weighted by atomic mass is 9.88. The summed E-state index contributed by atoms with van der Waals surface area (Å²) in [5.41, 5.74) is 6.23. The monoisotopic (exact) mass is 282 g/mol.